The van der Waals surface area contributed by atoms with Crippen LogP contribution in [0.25, 0.3) is 0 Å². The van der Waals surface area contributed by atoms with Gasteiger partial charge in [-0.15, -0.1) is 0 Å². The Kier molecular flexibility index (Phi) is 3.82. The molecule has 0 radical (unpaired) electrons. The molecular weight excluding hydrogens is 216 g/mol. The van der Waals surface area contributed by atoms with Gasteiger partial charge in [0.15, 0.2) is 0 Å². The van der Waals surface area contributed by atoms with Gasteiger partial charge in [0.2, 0.25) is 5.91 Å². The first-order valence-electron chi connectivity index (χ1n) is 6.70. The van der Waals surface area contributed by atoms with E-state index in [9.17, 15) is 9.59 Å². The second-order valence-electron chi connectivity index (χ2n) is 5.20. The minimum atomic E-state index is -0.0988. The Morgan fingerprint density at radius 1 is 1.41 bits per heavy atom. The maximum absolute atomic E-state index is 11.9. The zero-order chi connectivity index (χ0) is 12.4. The third-order valence-corrected chi connectivity index (χ3v) is 4.02. The van der Waals surface area contributed by atoms with Crippen molar-refractivity contribution in [3.8, 4) is 0 Å². The Labute approximate surface area is 103 Å². The summed E-state index contributed by atoms with van der Waals surface area (Å²) < 4.78 is 0. The van der Waals surface area contributed by atoms with Crippen LogP contribution in [-0.4, -0.2) is 41.3 Å². The van der Waals surface area contributed by atoms with E-state index in [0.717, 1.165) is 12.8 Å². The molecule has 2 rings (SSSR count). The molecule has 0 aromatic rings. The van der Waals surface area contributed by atoms with Gasteiger partial charge in [0.1, 0.15) is 5.78 Å². The Hall–Kier alpha value is -0.900. The number of hydrogen-bond acceptors (Lipinski definition) is 3. The molecule has 4 heteroatoms. The Morgan fingerprint density at radius 3 is 2.53 bits per heavy atom. The van der Waals surface area contributed by atoms with Crippen molar-refractivity contribution >= 4 is 11.7 Å². The number of nitrogens with one attached hydrogen (secondary N) is 1. The van der Waals surface area contributed by atoms with Gasteiger partial charge < -0.3 is 5.32 Å². The molecular formula is C13H22N2O2. The largest absolute Gasteiger partial charge is 0.355 e. The van der Waals surface area contributed by atoms with Gasteiger partial charge in [0, 0.05) is 31.5 Å². The van der Waals surface area contributed by atoms with Crippen LogP contribution < -0.4 is 5.32 Å². The van der Waals surface area contributed by atoms with Crippen molar-refractivity contribution in [1.82, 2.24) is 10.2 Å². The quantitative estimate of drug-likeness (QED) is 0.801. The fourth-order valence-electron chi connectivity index (χ4n) is 3.30. The van der Waals surface area contributed by atoms with Gasteiger partial charge in [-0.1, -0.05) is 6.42 Å². The van der Waals surface area contributed by atoms with Crippen molar-refractivity contribution in [3.63, 3.8) is 0 Å². The molecule has 0 aromatic carbocycles. The summed E-state index contributed by atoms with van der Waals surface area (Å²) >= 11 is 0. The van der Waals surface area contributed by atoms with Crippen molar-refractivity contribution in [1.29, 1.82) is 0 Å². The Bertz CT molecular complexity index is 301. The summed E-state index contributed by atoms with van der Waals surface area (Å²) in [5.74, 6) is 0.470. The Balaban J connectivity index is 2.08. The first-order chi connectivity index (χ1) is 8.13. The number of likely N-dealkylation sites (N-methyl/N-ethyl adjacent to an activating group) is 1. The molecule has 1 amide bonds. The predicted molar refractivity (Wildman–Crippen MR) is 65.7 cm³/mol. The first-order valence-corrected chi connectivity index (χ1v) is 6.70. The minimum Gasteiger partial charge on any atom is -0.355 e. The molecule has 2 fully saturated rings. The molecule has 2 saturated heterocycles. The highest BCUT2D eigenvalue weighted by Crippen LogP contribution is 2.33. The number of amides is 1. The second kappa shape index (κ2) is 5.17. The zero-order valence-electron chi connectivity index (χ0n) is 10.7. The van der Waals surface area contributed by atoms with Crippen LogP contribution >= 0.6 is 0 Å². The van der Waals surface area contributed by atoms with Gasteiger partial charge in [-0.05, 0) is 26.7 Å². The smallest absolute Gasteiger partial charge is 0.237 e. The number of hydrogen-bond donors (Lipinski definition) is 1. The van der Waals surface area contributed by atoms with Crippen molar-refractivity contribution in [2.75, 3.05) is 6.54 Å². The highest BCUT2D eigenvalue weighted by molar-refractivity contribution is 5.83. The first kappa shape index (κ1) is 12.6. The summed E-state index contributed by atoms with van der Waals surface area (Å²) in [6.45, 7) is 4.57. The highest BCUT2D eigenvalue weighted by Gasteiger charge is 2.41. The summed E-state index contributed by atoms with van der Waals surface area (Å²) in [4.78, 5) is 25.8. The predicted octanol–water partition coefficient (Wildman–Crippen LogP) is 1.10. The number of piperidine rings is 2. The van der Waals surface area contributed by atoms with Crippen LogP contribution in [0.5, 0.6) is 0 Å². The molecule has 17 heavy (non-hydrogen) atoms. The lowest BCUT2D eigenvalue weighted by Gasteiger charge is -2.47. The highest BCUT2D eigenvalue weighted by atomic mass is 16.2. The van der Waals surface area contributed by atoms with E-state index < -0.39 is 0 Å². The number of carbonyl (C=O) groups is 2. The van der Waals surface area contributed by atoms with Crippen molar-refractivity contribution < 1.29 is 9.59 Å². The van der Waals surface area contributed by atoms with Gasteiger partial charge in [-0.2, -0.15) is 0 Å². The van der Waals surface area contributed by atoms with Crippen LogP contribution in [0.4, 0.5) is 0 Å². The molecule has 0 spiro atoms. The van der Waals surface area contributed by atoms with Gasteiger partial charge in [0.25, 0.3) is 0 Å². The van der Waals surface area contributed by atoms with E-state index in [-0.39, 0.29) is 11.9 Å². The monoisotopic (exact) mass is 238 g/mol. The third kappa shape index (κ3) is 2.51. The van der Waals surface area contributed by atoms with Crippen LogP contribution in [0.2, 0.25) is 0 Å². The number of fused-ring (bicyclic) bond motifs is 2. The van der Waals surface area contributed by atoms with E-state index in [2.05, 4.69) is 10.2 Å². The topological polar surface area (TPSA) is 49.4 Å². The molecule has 1 N–H and O–H groups in total. The van der Waals surface area contributed by atoms with Crippen LogP contribution in [0.3, 0.4) is 0 Å². The lowest BCUT2D eigenvalue weighted by atomic mass is 9.82. The summed E-state index contributed by atoms with van der Waals surface area (Å²) in [7, 11) is 0. The van der Waals surface area contributed by atoms with Crippen molar-refractivity contribution in [3.05, 3.63) is 0 Å². The van der Waals surface area contributed by atoms with E-state index in [1.165, 1.54) is 6.42 Å². The van der Waals surface area contributed by atoms with Crippen molar-refractivity contribution in [2.45, 2.75) is 64.1 Å². The number of rotatable bonds is 3. The normalized spacial score (nSPS) is 31.1. The summed E-state index contributed by atoms with van der Waals surface area (Å²) in [6.07, 6.45) is 4.60. The van der Waals surface area contributed by atoms with Gasteiger partial charge in [-0.25, -0.2) is 0 Å². The Morgan fingerprint density at radius 2 is 2.00 bits per heavy atom. The summed E-state index contributed by atoms with van der Waals surface area (Å²) in [5.41, 5.74) is 0. The molecule has 0 aromatic heterocycles. The van der Waals surface area contributed by atoms with E-state index in [0.29, 0.717) is 37.3 Å². The van der Waals surface area contributed by atoms with Crippen LogP contribution in [0.15, 0.2) is 0 Å². The third-order valence-electron chi connectivity index (χ3n) is 4.02. The van der Waals surface area contributed by atoms with Crippen LogP contribution in [0, 0.1) is 0 Å². The number of ketones is 1. The maximum Gasteiger partial charge on any atom is 0.237 e. The lowest BCUT2D eigenvalue weighted by molar-refractivity contribution is -0.137. The molecule has 3 atom stereocenters. The number of nitrogens with zero attached hydrogens (tertiary/aromatic N) is 1. The average molecular weight is 238 g/mol. The summed E-state index contributed by atoms with van der Waals surface area (Å²) in [6, 6.07) is 0.499. The standard InChI is InChI=1S/C13H22N2O2/c1-3-14-13(17)9(2)15-10-5-4-6-11(15)8-12(16)7-10/h9-11H,3-8H2,1-2H3,(H,14,17). The maximum atomic E-state index is 11.9. The molecule has 2 heterocycles. The van der Waals surface area contributed by atoms with Gasteiger partial charge >= 0.3 is 0 Å². The molecule has 0 aliphatic carbocycles. The van der Waals surface area contributed by atoms with Crippen LogP contribution in [-0.2, 0) is 9.59 Å². The molecule has 2 aliphatic rings. The van der Waals surface area contributed by atoms with Gasteiger partial charge in [-0.3, -0.25) is 14.5 Å². The second-order valence-corrected chi connectivity index (χ2v) is 5.20. The van der Waals surface area contributed by atoms with E-state index in [4.69, 9.17) is 0 Å². The molecule has 4 nitrogen and oxygen atoms in total. The fourth-order valence-corrected chi connectivity index (χ4v) is 3.30. The molecule has 0 saturated carbocycles. The molecule has 96 valence electrons. The van der Waals surface area contributed by atoms with Gasteiger partial charge in [0.05, 0.1) is 6.04 Å². The van der Waals surface area contributed by atoms with E-state index >= 15 is 0 Å². The lowest BCUT2D eigenvalue weighted by Crippen LogP contribution is -2.59. The van der Waals surface area contributed by atoms with Crippen molar-refractivity contribution in [2.24, 2.45) is 0 Å². The fraction of sp³-hybridized carbons (Fsp3) is 0.846. The zero-order valence-corrected chi connectivity index (χ0v) is 10.7. The summed E-state index contributed by atoms with van der Waals surface area (Å²) in [5, 5.41) is 2.88. The number of carbonyl (C=O) groups excluding carboxylic acids is 2. The van der Waals surface area contributed by atoms with E-state index in [1.807, 2.05) is 13.8 Å². The minimum absolute atomic E-state index is 0.0961. The SMILES string of the molecule is CCNC(=O)C(C)N1C2CCCC1CC(=O)C2. The van der Waals surface area contributed by atoms with Crippen LogP contribution in [0.1, 0.15) is 46.0 Å². The molecule has 2 aliphatic heterocycles. The molecule has 2 bridgehead atoms. The molecule has 3 unspecified atom stereocenters. The number of Topliss-reactive ketones (excluding diaryl/α,β-unsaturated/α-hetero) is 1. The average Bonchev–Trinajstić information content (AvgIpc) is 2.27. The van der Waals surface area contributed by atoms with E-state index in [1.54, 1.807) is 0 Å².